The average molecular weight is 414 g/mol. The summed E-state index contributed by atoms with van der Waals surface area (Å²) >= 11 is 13.5. The predicted molar refractivity (Wildman–Crippen MR) is 111 cm³/mol. The fourth-order valence-electron chi connectivity index (χ4n) is 2.34. The third-order valence-corrected chi connectivity index (χ3v) is 5.14. The molecule has 134 valence electrons. The molecule has 1 aromatic heterocycles. The lowest BCUT2D eigenvalue weighted by molar-refractivity contribution is 0.101. The van der Waals surface area contributed by atoms with Crippen LogP contribution in [0.2, 0.25) is 10.0 Å². The number of carbonyl (C=O) groups excluding carboxylic acids is 1. The Balaban J connectivity index is 1.85. The van der Waals surface area contributed by atoms with Crippen LogP contribution < -0.4 is 5.32 Å². The average Bonchev–Trinajstić information content (AvgIpc) is 3.12. The minimum absolute atomic E-state index is 0.0208. The number of rotatable bonds is 5. The Hall–Kier alpha value is -2.65. The van der Waals surface area contributed by atoms with Gasteiger partial charge in [0.25, 0.3) is 0 Å². The Morgan fingerprint density at radius 2 is 2.07 bits per heavy atom. The molecule has 7 heteroatoms. The lowest BCUT2D eigenvalue weighted by Gasteiger charge is -2.03. The highest BCUT2D eigenvalue weighted by molar-refractivity contribution is 7.11. The van der Waals surface area contributed by atoms with Gasteiger partial charge in [0.2, 0.25) is 0 Å². The molecular formula is C20H13Cl2N3OS. The lowest BCUT2D eigenvalue weighted by Crippen LogP contribution is -1.95. The molecule has 0 saturated heterocycles. The Labute approximate surface area is 170 Å². The van der Waals surface area contributed by atoms with Gasteiger partial charge < -0.3 is 5.32 Å². The van der Waals surface area contributed by atoms with E-state index < -0.39 is 0 Å². The van der Waals surface area contributed by atoms with Crippen molar-refractivity contribution in [2.75, 3.05) is 5.32 Å². The van der Waals surface area contributed by atoms with Gasteiger partial charge in [0.15, 0.2) is 5.78 Å². The van der Waals surface area contributed by atoms with Crippen molar-refractivity contribution < 1.29 is 4.79 Å². The number of aromatic nitrogens is 1. The standard InChI is InChI=1S/C20H13Cl2N3OS/c1-12(26)13-3-2-4-16(7-13)24-10-14(9-23)20-25-19(11-27-20)17-6-5-15(21)8-18(17)22/h2-8,10-11,24H,1H3. The molecule has 0 spiro atoms. The van der Waals surface area contributed by atoms with Crippen molar-refractivity contribution in [1.82, 2.24) is 4.98 Å². The van der Waals surface area contributed by atoms with Crippen LogP contribution in [0.5, 0.6) is 0 Å². The summed E-state index contributed by atoms with van der Waals surface area (Å²) in [6, 6.07) is 14.4. The summed E-state index contributed by atoms with van der Waals surface area (Å²) in [5, 5.41) is 16.0. The molecule has 1 heterocycles. The molecule has 0 atom stereocenters. The summed E-state index contributed by atoms with van der Waals surface area (Å²) in [4.78, 5) is 16.0. The number of ketones is 1. The predicted octanol–water partition coefficient (Wildman–Crippen LogP) is 6.30. The largest absolute Gasteiger partial charge is 0.360 e. The quantitative estimate of drug-likeness (QED) is 0.393. The van der Waals surface area contributed by atoms with Crippen LogP contribution in [0.1, 0.15) is 22.3 Å². The second-order valence-electron chi connectivity index (χ2n) is 5.61. The van der Waals surface area contributed by atoms with Gasteiger partial charge in [0, 0.05) is 33.4 Å². The second kappa shape index (κ2) is 8.36. The molecule has 0 radical (unpaired) electrons. The fraction of sp³-hybridized carbons (Fsp3) is 0.0500. The van der Waals surface area contributed by atoms with E-state index in [2.05, 4.69) is 16.4 Å². The Morgan fingerprint density at radius 1 is 1.26 bits per heavy atom. The SMILES string of the molecule is CC(=O)c1cccc(NC=C(C#N)c2nc(-c3ccc(Cl)cc3Cl)cs2)c1. The van der Waals surface area contributed by atoms with Gasteiger partial charge in [-0.05, 0) is 37.3 Å². The third kappa shape index (κ3) is 4.55. The lowest BCUT2D eigenvalue weighted by atomic mass is 10.1. The second-order valence-corrected chi connectivity index (χ2v) is 7.31. The van der Waals surface area contributed by atoms with E-state index in [0.29, 0.717) is 37.6 Å². The zero-order valence-corrected chi connectivity index (χ0v) is 16.5. The van der Waals surface area contributed by atoms with Crippen LogP contribution in [0.25, 0.3) is 16.8 Å². The van der Waals surface area contributed by atoms with Gasteiger partial charge in [-0.15, -0.1) is 11.3 Å². The third-order valence-electron chi connectivity index (χ3n) is 3.71. The van der Waals surface area contributed by atoms with Crippen LogP contribution in [-0.2, 0) is 0 Å². The molecule has 0 bridgehead atoms. The number of nitrogens with zero attached hydrogens (tertiary/aromatic N) is 2. The van der Waals surface area contributed by atoms with E-state index in [9.17, 15) is 10.1 Å². The van der Waals surface area contributed by atoms with Gasteiger partial charge in [-0.1, -0.05) is 35.3 Å². The first-order valence-corrected chi connectivity index (χ1v) is 9.50. The van der Waals surface area contributed by atoms with Crippen LogP contribution in [0.4, 0.5) is 5.69 Å². The number of hydrogen-bond donors (Lipinski definition) is 1. The van der Waals surface area contributed by atoms with Gasteiger partial charge >= 0.3 is 0 Å². The van der Waals surface area contributed by atoms with E-state index in [1.54, 1.807) is 42.6 Å². The van der Waals surface area contributed by atoms with Crippen LogP contribution in [-0.4, -0.2) is 10.8 Å². The number of hydrogen-bond acceptors (Lipinski definition) is 5. The van der Waals surface area contributed by atoms with E-state index in [1.165, 1.54) is 18.3 Å². The molecule has 0 aliphatic heterocycles. The molecule has 0 fully saturated rings. The van der Waals surface area contributed by atoms with Gasteiger partial charge in [0.05, 0.1) is 10.7 Å². The van der Waals surface area contributed by atoms with E-state index in [-0.39, 0.29) is 5.78 Å². The number of anilines is 1. The highest BCUT2D eigenvalue weighted by Crippen LogP contribution is 2.32. The summed E-state index contributed by atoms with van der Waals surface area (Å²) in [5.41, 5.74) is 3.12. The van der Waals surface area contributed by atoms with E-state index >= 15 is 0 Å². The van der Waals surface area contributed by atoms with E-state index in [0.717, 1.165) is 5.56 Å². The smallest absolute Gasteiger partial charge is 0.159 e. The summed E-state index contributed by atoms with van der Waals surface area (Å²) < 4.78 is 0. The summed E-state index contributed by atoms with van der Waals surface area (Å²) in [6.45, 7) is 1.51. The van der Waals surface area contributed by atoms with Gasteiger partial charge in [0.1, 0.15) is 16.6 Å². The van der Waals surface area contributed by atoms with Gasteiger partial charge in [-0.3, -0.25) is 4.79 Å². The van der Waals surface area contributed by atoms with Crippen molar-refractivity contribution in [1.29, 1.82) is 5.26 Å². The fourth-order valence-corrected chi connectivity index (χ4v) is 3.63. The Kier molecular flexibility index (Phi) is 5.92. The molecule has 0 aliphatic rings. The van der Waals surface area contributed by atoms with Crippen molar-refractivity contribution in [2.24, 2.45) is 0 Å². The molecule has 0 amide bonds. The molecule has 3 aromatic rings. The Bertz CT molecular complexity index is 1080. The van der Waals surface area contributed by atoms with Gasteiger partial charge in [-0.2, -0.15) is 5.26 Å². The molecule has 4 nitrogen and oxygen atoms in total. The number of Topliss-reactive ketones (excluding diaryl/α,β-unsaturated/α-hetero) is 1. The maximum Gasteiger partial charge on any atom is 0.159 e. The van der Waals surface area contributed by atoms with Crippen LogP contribution in [0, 0.1) is 11.3 Å². The minimum Gasteiger partial charge on any atom is -0.360 e. The number of nitriles is 1. The first kappa shape index (κ1) is 19.1. The van der Waals surface area contributed by atoms with E-state index in [4.69, 9.17) is 23.2 Å². The molecule has 2 aromatic carbocycles. The van der Waals surface area contributed by atoms with E-state index in [1.807, 2.05) is 11.4 Å². The number of allylic oxidation sites excluding steroid dienone is 1. The number of carbonyl (C=O) groups is 1. The van der Waals surface area contributed by atoms with Crippen molar-refractivity contribution in [3.63, 3.8) is 0 Å². The molecule has 3 rings (SSSR count). The van der Waals surface area contributed by atoms with Crippen molar-refractivity contribution in [2.45, 2.75) is 6.92 Å². The summed E-state index contributed by atoms with van der Waals surface area (Å²) in [6.07, 6.45) is 1.57. The summed E-state index contributed by atoms with van der Waals surface area (Å²) in [7, 11) is 0. The van der Waals surface area contributed by atoms with Crippen molar-refractivity contribution in [3.8, 4) is 17.3 Å². The first-order chi connectivity index (χ1) is 13.0. The number of halogens is 2. The van der Waals surface area contributed by atoms with Gasteiger partial charge in [-0.25, -0.2) is 4.98 Å². The van der Waals surface area contributed by atoms with Crippen molar-refractivity contribution >= 4 is 51.6 Å². The Morgan fingerprint density at radius 3 is 2.78 bits per heavy atom. The van der Waals surface area contributed by atoms with Crippen molar-refractivity contribution in [3.05, 3.63) is 74.7 Å². The normalized spacial score (nSPS) is 11.1. The number of nitrogens with one attached hydrogen (secondary N) is 1. The van der Waals surface area contributed by atoms with Crippen LogP contribution in [0.15, 0.2) is 54.0 Å². The minimum atomic E-state index is -0.0208. The zero-order chi connectivity index (χ0) is 19.4. The molecular weight excluding hydrogens is 401 g/mol. The molecule has 1 N–H and O–H groups in total. The highest BCUT2D eigenvalue weighted by atomic mass is 35.5. The summed E-state index contributed by atoms with van der Waals surface area (Å²) in [5.74, 6) is -0.0208. The number of thiazole rings is 1. The van der Waals surface area contributed by atoms with Crippen LogP contribution >= 0.6 is 34.5 Å². The number of benzene rings is 2. The molecule has 0 aliphatic carbocycles. The van der Waals surface area contributed by atoms with Crippen LogP contribution in [0.3, 0.4) is 0 Å². The molecule has 0 unspecified atom stereocenters. The molecule has 27 heavy (non-hydrogen) atoms. The first-order valence-electron chi connectivity index (χ1n) is 7.87. The maximum atomic E-state index is 11.5. The highest BCUT2D eigenvalue weighted by Gasteiger charge is 2.12. The zero-order valence-electron chi connectivity index (χ0n) is 14.2. The molecule has 0 saturated carbocycles. The monoisotopic (exact) mass is 413 g/mol. The topological polar surface area (TPSA) is 65.8 Å². The maximum absolute atomic E-state index is 11.5.